The second-order valence-electron chi connectivity index (χ2n) is 35.5. The number of nitrogen functional groups attached to an aromatic ring is 3. The summed E-state index contributed by atoms with van der Waals surface area (Å²) in [4.78, 5) is 82.8. The van der Waals surface area contributed by atoms with E-state index < -0.39 is 5.60 Å². The maximum absolute atomic E-state index is 12.6. The standard InChI is InChI=1S/C37H35N7O2.C34H37N7O2.C31H33N7/c38-35-34-33(28-12-11-27-13-14-31(40-32(27)23-28)26-9-5-2-6-10-26)41-36(44(34)16-15-39-35)29-21-30(22-29)42-17-19-43(20-18-42)37(45)46-24-25-7-3-1-4-8-25;1-34(2,3)43-33(42)40-17-15-39(16-18-40)26-19-25(20-26)32-38-29(30-31(35)36-13-14-41(30)32)24-10-9-23-11-12-27(37-28(23)21-24)22-7-5-4-6-8-22;1-2-36-14-16-37(17-15-36)25-18-24(19-25)31-35-28(29-30(32)33-12-13-38(29)31)23-9-8-22-10-11-26(34-27(22)20-23)21-6-4-3-5-7-21/h1-16,23,29-30H,17-22,24H2,(H2,38,39);4-14,21,25-26H,15-20H2,1-3H3,(H2,35,36);3-13,20,24-25H,2,14-19H2,1H3,(H2,32,33). The number of ether oxygens (including phenoxy) is 2. The van der Waals surface area contributed by atoms with Crippen molar-refractivity contribution in [1.29, 1.82) is 0 Å². The molecule has 12 heterocycles. The molecule has 25 nitrogen and oxygen atoms in total. The van der Waals surface area contributed by atoms with Gasteiger partial charge in [-0.3, -0.25) is 27.9 Å². The van der Waals surface area contributed by atoms with E-state index in [-0.39, 0.29) is 12.2 Å². The van der Waals surface area contributed by atoms with Gasteiger partial charge in [0.1, 0.15) is 80.8 Å². The van der Waals surface area contributed by atoms with E-state index in [1.165, 1.54) is 26.2 Å². The third-order valence-electron chi connectivity index (χ3n) is 26.5. The number of hydrogen-bond donors (Lipinski definition) is 3. The lowest BCUT2D eigenvalue weighted by Crippen LogP contribution is -2.55. The molecule has 0 spiro atoms. The Morgan fingerprint density at radius 2 is 0.685 bits per heavy atom. The fourth-order valence-corrected chi connectivity index (χ4v) is 19.2. The second kappa shape index (κ2) is 35.1. The van der Waals surface area contributed by atoms with Gasteiger partial charge in [-0.1, -0.05) is 183 Å². The highest BCUT2D eigenvalue weighted by Gasteiger charge is 2.43. The predicted octanol–water partition coefficient (Wildman–Crippen LogP) is 17.5. The molecular formula is C102H105N21O4. The molecule has 6 aliphatic rings. The van der Waals surface area contributed by atoms with Gasteiger partial charge in [-0.05, 0) is 108 Å². The van der Waals surface area contributed by atoms with Crippen LogP contribution in [0.25, 0.3) is 117 Å². The predicted molar refractivity (Wildman–Crippen MR) is 501 cm³/mol. The van der Waals surface area contributed by atoms with Crippen molar-refractivity contribution < 1.29 is 19.1 Å². The molecule has 25 heteroatoms. The minimum Gasteiger partial charge on any atom is -0.445 e. The third-order valence-corrected chi connectivity index (χ3v) is 26.5. The van der Waals surface area contributed by atoms with Gasteiger partial charge in [0, 0.05) is 201 Å². The van der Waals surface area contributed by atoms with Crippen LogP contribution in [0.1, 0.15) is 107 Å². The van der Waals surface area contributed by atoms with E-state index in [0.29, 0.717) is 86.1 Å². The van der Waals surface area contributed by atoms with Gasteiger partial charge < -0.3 is 41.4 Å². The van der Waals surface area contributed by atoms with E-state index >= 15 is 0 Å². The summed E-state index contributed by atoms with van der Waals surface area (Å²) in [7, 11) is 0. The van der Waals surface area contributed by atoms with E-state index in [2.05, 4.69) is 182 Å². The number of carbonyl (C=O) groups is 2. The van der Waals surface area contributed by atoms with Crippen LogP contribution < -0.4 is 17.2 Å². The van der Waals surface area contributed by atoms with Crippen LogP contribution in [-0.4, -0.2) is 208 Å². The summed E-state index contributed by atoms with van der Waals surface area (Å²) in [6.07, 6.45) is 17.1. The van der Waals surface area contributed by atoms with Gasteiger partial charge in [-0.2, -0.15) is 0 Å². The molecule has 0 atom stereocenters. The van der Waals surface area contributed by atoms with Gasteiger partial charge >= 0.3 is 12.2 Å². The maximum atomic E-state index is 12.6. The van der Waals surface area contributed by atoms with E-state index in [1.54, 1.807) is 18.6 Å². The molecule has 0 unspecified atom stereocenters. The number of piperazine rings is 3. The number of imidazole rings is 3. The fourth-order valence-electron chi connectivity index (χ4n) is 19.2. The van der Waals surface area contributed by atoms with Crippen LogP contribution in [0, 0.1) is 0 Å². The van der Waals surface area contributed by atoms with Crippen LogP contribution in [0.3, 0.4) is 0 Å². The Kier molecular flexibility index (Phi) is 22.6. The Labute approximate surface area is 737 Å². The average molecular weight is 1690 g/mol. The van der Waals surface area contributed by atoms with Crippen molar-refractivity contribution in [1.82, 2.24) is 87.5 Å². The molecule has 3 saturated carbocycles. The molecular weight excluding hydrogens is 1580 g/mol. The highest BCUT2D eigenvalue weighted by atomic mass is 16.6. The molecule has 6 N–H and O–H groups in total. The van der Waals surface area contributed by atoms with Crippen molar-refractivity contribution in [2.24, 2.45) is 0 Å². The molecule has 2 amide bonds. The summed E-state index contributed by atoms with van der Waals surface area (Å²) in [6, 6.07) is 73.7. The van der Waals surface area contributed by atoms with Crippen molar-refractivity contribution in [2.45, 2.75) is 114 Å². The van der Waals surface area contributed by atoms with Crippen molar-refractivity contribution >= 4 is 78.9 Å². The topological polar surface area (TPSA) is 279 Å². The van der Waals surface area contributed by atoms with Crippen LogP contribution in [0.15, 0.2) is 250 Å². The Morgan fingerprint density at radius 1 is 0.370 bits per heavy atom. The molecule has 0 bridgehead atoms. The number of hydrogen-bond acceptors (Lipinski definition) is 20. The van der Waals surface area contributed by atoms with Crippen LogP contribution in [0.5, 0.6) is 0 Å². The number of amides is 2. The summed E-state index contributed by atoms with van der Waals surface area (Å²) in [5.74, 6) is 5.64. The van der Waals surface area contributed by atoms with Gasteiger partial charge in [0.25, 0.3) is 0 Å². The number of rotatable bonds is 15. The Hall–Kier alpha value is -13.6. The van der Waals surface area contributed by atoms with Gasteiger partial charge in [-0.25, -0.2) is 54.4 Å². The van der Waals surface area contributed by atoms with Crippen LogP contribution in [-0.2, 0) is 16.1 Å². The van der Waals surface area contributed by atoms with E-state index in [0.717, 1.165) is 211 Å². The van der Waals surface area contributed by atoms with Crippen molar-refractivity contribution in [3.8, 4) is 67.5 Å². The van der Waals surface area contributed by atoms with Crippen molar-refractivity contribution in [3.05, 3.63) is 273 Å². The largest absolute Gasteiger partial charge is 0.445 e. The monoisotopic (exact) mass is 1690 g/mol. The number of pyridine rings is 3. The normalized spacial score (nSPS) is 19.5. The zero-order valence-corrected chi connectivity index (χ0v) is 72.2. The lowest BCUT2D eigenvalue weighted by Gasteiger charge is -2.46. The van der Waals surface area contributed by atoms with Crippen LogP contribution in [0.2, 0.25) is 0 Å². The smallest absolute Gasteiger partial charge is 0.410 e. The first kappa shape index (κ1) is 81.7. The quantitative estimate of drug-likeness (QED) is 0.0860. The number of nitrogens with zero attached hydrogens (tertiary/aromatic N) is 18. The molecule has 16 aromatic rings. The molecule has 127 heavy (non-hydrogen) atoms. The zero-order chi connectivity index (χ0) is 86.4. The number of anilines is 3. The average Bonchev–Trinajstić information content (AvgIpc) is 1.61. The molecule has 3 aliphatic carbocycles. The molecule has 0 radical (unpaired) electrons. The molecule has 6 fully saturated rings. The number of carbonyl (C=O) groups excluding carboxylic acids is 2. The molecule has 642 valence electrons. The number of likely N-dealkylation sites (N-methyl/N-ethyl adjacent to an activating group) is 1. The molecule has 22 rings (SSSR count). The van der Waals surface area contributed by atoms with Crippen LogP contribution >= 0.6 is 0 Å². The number of nitrogens with two attached hydrogens (primary N) is 3. The summed E-state index contributed by atoms with van der Waals surface area (Å²) in [6.45, 7) is 20.3. The van der Waals surface area contributed by atoms with Gasteiger partial charge in [0.2, 0.25) is 0 Å². The first-order valence-electron chi connectivity index (χ1n) is 44.7. The molecule has 3 aliphatic heterocycles. The third kappa shape index (κ3) is 16.9. The number of fused-ring (bicyclic) bond motifs is 6. The van der Waals surface area contributed by atoms with Gasteiger partial charge in [-0.15, -0.1) is 0 Å². The second-order valence-corrected chi connectivity index (χ2v) is 35.5. The number of benzene rings is 7. The first-order valence-corrected chi connectivity index (χ1v) is 44.7. The summed E-state index contributed by atoms with van der Waals surface area (Å²) < 4.78 is 17.5. The fraction of sp³-hybridized carbons (Fsp3) is 0.304. The van der Waals surface area contributed by atoms with Gasteiger partial charge in [0.15, 0.2) is 0 Å². The van der Waals surface area contributed by atoms with Crippen molar-refractivity contribution in [2.75, 3.05) is 102 Å². The summed E-state index contributed by atoms with van der Waals surface area (Å²) in [5, 5.41) is 3.25. The number of aromatic nitrogens is 12. The summed E-state index contributed by atoms with van der Waals surface area (Å²) in [5.41, 5.74) is 36.9. The molecule has 3 saturated heterocycles. The minimum absolute atomic E-state index is 0.221. The Balaban J connectivity index is 0.000000120. The zero-order valence-electron chi connectivity index (χ0n) is 72.2. The Morgan fingerprint density at radius 3 is 1.02 bits per heavy atom. The first-order chi connectivity index (χ1) is 62.0. The highest BCUT2D eigenvalue weighted by Crippen LogP contribution is 2.47. The van der Waals surface area contributed by atoms with E-state index in [4.69, 9.17) is 56.6 Å². The molecule has 7 aromatic carbocycles. The SMILES string of the molecule is CC(C)(C)OC(=O)N1CCN(C2CC(c3nc(-c4ccc5ccc(-c6ccccc6)nc5c4)c4c(N)nccn34)C2)CC1.CCN1CCN(C2CC(c3nc(-c4ccc5ccc(-c6ccccc6)nc5c4)c4c(N)nccn34)C2)CC1.Nc1nccn2c(C3CC(N4CCN(C(=O)OCc5ccccc5)CC4)C3)nc(-c3ccc4ccc(-c5ccccc5)nc4c3)c12. The lowest BCUT2D eigenvalue weighted by molar-refractivity contribution is 0.00263. The Bertz CT molecular complexity index is 6680. The van der Waals surface area contributed by atoms with Crippen LogP contribution in [0.4, 0.5) is 27.0 Å². The van der Waals surface area contributed by atoms with Crippen molar-refractivity contribution in [3.63, 3.8) is 0 Å². The lowest BCUT2D eigenvalue weighted by atomic mass is 9.78. The molecule has 9 aromatic heterocycles. The highest BCUT2D eigenvalue weighted by molar-refractivity contribution is 5.95. The van der Waals surface area contributed by atoms with Gasteiger partial charge in [0.05, 0.1) is 33.6 Å². The van der Waals surface area contributed by atoms with E-state index in [1.807, 2.05) is 134 Å². The summed E-state index contributed by atoms with van der Waals surface area (Å²) >= 11 is 0. The minimum atomic E-state index is -0.478. The maximum Gasteiger partial charge on any atom is 0.410 e. The van der Waals surface area contributed by atoms with E-state index in [9.17, 15) is 9.59 Å².